The monoisotopic (exact) mass is 376 g/mol. The number of hydrogen-bond acceptors (Lipinski definition) is 3. The summed E-state index contributed by atoms with van der Waals surface area (Å²) in [4.78, 5) is 15.0. The van der Waals surface area contributed by atoms with E-state index in [-0.39, 0.29) is 12.1 Å². The number of anilines is 1. The van der Waals surface area contributed by atoms with Crippen molar-refractivity contribution in [3.8, 4) is 11.5 Å². The lowest BCUT2D eigenvalue weighted by Crippen LogP contribution is -2.34. The summed E-state index contributed by atoms with van der Waals surface area (Å²) in [6.07, 6.45) is 1.87. The number of likely N-dealkylation sites (tertiary alicyclic amines) is 1. The van der Waals surface area contributed by atoms with Crippen molar-refractivity contribution < 1.29 is 14.3 Å². The quantitative estimate of drug-likeness (QED) is 0.679. The van der Waals surface area contributed by atoms with Crippen molar-refractivity contribution in [2.24, 2.45) is 0 Å². The number of urea groups is 1. The summed E-state index contributed by atoms with van der Waals surface area (Å²) in [5, 5.41) is 5.25. The number of carbonyl (C=O) groups excluding carboxylic acids is 1. The molecule has 5 nitrogen and oxygen atoms in total. The molecule has 1 heterocycles. The minimum absolute atomic E-state index is 0.0177. The maximum Gasteiger partial charge on any atom is 0.322 e. The average molecular weight is 376 g/mol. The smallest absolute Gasteiger partial charge is 0.322 e. The molecule has 4 rings (SSSR count). The molecule has 0 radical (unpaired) electrons. The zero-order valence-corrected chi connectivity index (χ0v) is 16.1. The van der Waals surface area contributed by atoms with Crippen molar-refractivity contribution in [1.29, 1.82) is 0 Å². The number of benzene rings is 3. The number of carbonyl (C=O) groups is 1. The summed E-state index contributed by atoms with van der Waals surface area (Å²) < 4.78 is 10.9. The highest BCUT2D eigenvalue weighted by atomic mass is 16.5. The second-order valence-electron chi connectivity index (χ2n) is 6.92. The van der Waals surface area contributed by atoms with Gasteiger partial charge in [0.1, 0.15) is 11.5 Å². The van der Waals surface area contributed by atoms with Gasteiger partial charge in [-0.2, -0.15) is 0 Å². The molecular weight excluding hydrogens is 352 g/mol. The summed E-state index contributed by atoms with van der Waals surface area (Å²) >= 11 is 0. The molecule has 1 unspecified atom stereocenters. The van der Waals surface area contributed by atoms with Crippen molar-refractivity contribution in [1.82, 2.24) is 4.90 Å². The molecule has 1 saturated heterocycles. The molecule has 0 aromatic heterocycles. The maximum atomic E-state index is 13.1. The van der Waals surface area contributed by atoms with Gasteiger partial charge in [-0.3, -0.25) is 0 Å². The third-order valence-electron chi connectivity index (χ3n) is 5.34. The Morgan fingerprint density at radius 2 is 1.86 bits per heavy atom. The van der Waals surface area contributed by atoms with Crippen LogP contribution in [0.4, 0.5) is 10.5 Å². The zero-order chi connectivity index (χ0) is 19.5. The number of amides is 2. The van der Waals surface area contributed by atoms with E-state index >= 15 is 0 Å². The fourth-order valence-corrected chi connectivity index (χ4v) is 3.95. The van der Waals surface area contributed by atoms with Crippen LogP contribution >= 0.6 is 0 Å². The van der Waals surface area contributed by atoms with E-state index in [1.807, 2.05) is 65.6 Å². The fraction of sp³-hybridized carbons (Fsp3) is 0.261. The van der Waals surface area contributed by atoms with Crippen molar-refractivity contribution in [2.75, 3.05) is 26.1 Å². The summed E-state index contributed by atoms with van der Waals surface area (Å²) in [5.41, 5.74) is 1.84. The van der Waals surface area contributed by atoms with Crippen LogP contribution in [0.3, 0.4) is 0 Å². The molecule has 2 amide bonds. The molecule has 1 fully saturated rings. The second-order valence-corrected chi connectivity index (χ2v) is 6.92. The van der Waals surface area contributed by atoms with E-state index in [1.54, 1.807) is 14.2 Å². The van der Waals surface area contributed by atoms with E-state index in [1.165, 1.54) is 0 Å². The summed E-state index contributed by atoms with van der Waals surface area (Å²) in [6.45, 7) is 0.719. The number of nitrogens with one attached hydrogen (secondary N) is 1. The summed E-state index contributed by atoms with van der Waals surface area (Å²) in [7, 11) is 3.28. The highest BCUT2D eigenvalue weighted by Gasteiger charge is 2.32. The van der Waals surface area contributed by atoms with Gasteiger partial charge < -0.3 is 19.7 Å². The second kappa shape index (κ2) is 7.80. The largest absolute Gasteiger partial charge is 0.497 e. The first-order valence-corrected chi connectivity index (χ1v) is 9.48. The van der Waals surface area contributed by atoms with Crippen LogP contribution < -0.4 is 14.8 Å². The molecule has 0 bridgehead atoms. The lowest BCUT2D eigenvalue weighted by Gasteiger charge is -2.27. The van der Waals surface area contributed by atoms with Gasteiger partial charge in [0, 0.05) is 23.6 Å². The minimum Gasteiger partial charge on any atom is -0.497 e. The highest BCUT2D eigenvalue weighted by molar-refractivity contribution is 6.01. The molecule has 1 aliphatic heterocycles. The van der Waals surface area contributed by atoms with Gasteiger partial charge in [0.25, 0.3) is 0 Å². The topological polar surface area (TPSA) is 50.8 Å². The van der Waals surface area contributed by atoms with Crippen LogP contribution in [0.15, 0.2) is 60.7 Å². The van der Waals surface area contributed by atoms with E-state index in [0.29, 0.717) is 0 Å². The van der Waals surface area contributed by atoms with Crippen LogP contribution in [-0.2, 0) is 0 Å². The average Bonchev–Trinajstić information content (AvgIpc) is 3.23. The van der Waals surface area contributed by atoms with Crippen LogP contribution in [0.1, 0.15) is 24.4 Å². The van der Waals surface area contributed by atoms with Gasteiger partial charge in [-0.15, -0.1) is 0 Å². The molecule has 1 aliphatic rings. The van der Waals surface area contributed by atoms with Crippen molar-refractivity contribution in [2.45, 2.75) is 18.9 Å². The van der Waals surface area contributed by atoms with E-state index in [0.717, 1.165) is 52.9 Å². The van der Waals surface area contributed by atoms with Gasteiger partial charge in [-0.1, -0.05) is 36.4 Å². The molecule has 5 heteroatoms. The first kappa shape index (κ1) is 18.2. The van der Waals surface area contributed by atoms with E-state index < -0.39 is 0 Å². The minimum atomic E-state index is -0.0864. The first-order chi connectivity index (χ1) is 13.7. The third kappa shape index (κ3) is 3.36. The van der Waals surface area contributed by atoms with Gasteiger partial charge >= 0.3 is 6.03 Å². The highest BCUT2D eigenvalue weighted by Crippen LogP contribution is 2.39. The Balaban J connectivity index is 1.61. The molecule has 144 valence electrons. The number of ether oxygens (including phenoxy) is 2. The van der Waals surface area contributed by atoms with Crippen LogP contribution in [0.2, 0.25) is 0 Å². The zero-order valence-electron chi connectivity index (χ0n) is 16.1. The fourth-order valence-electron chi connectivity index (χ4n) is 3.95. The molecule has 0 saturated carbocycles. The third-order valence-corrected chi connectivity index (χ3v) is 5.34. The lowest BCUT2D eigenvalue weighted by atomic mass is 10.0. The van der Waals surface area contributed by atoms with Gasteiger partial charge in [0.15, 0.2) is 0 Å². The molecular formula is C23H24N2O3. The summed E-state index contributed by atoms with van der Waals surface area (Å²) in [5.74, 6) is 1.49. The predicted molar refractivity (Wildman–Crippen MR) is 111 cm³/mol. The number of hydrogen-bond donors (Lipinski definition) is 1. The predicted octanol–water partition coefficient (Wildman–Crippen LogP) is 5.23. The van der Waals surface area contributed by atoms with Gasteiger partial charge in [-0.25, -0.2) is 4.79 Å². The van der Waals surface area contributed by atoms with Crippen LogP contribution in [0.25, 0.3) is 10.8 Å². The van der Waals surface area contributed by atoms with Crippen LogP contribution in [0, 0.1) is 0 Å². The van der Waals surface area contributed by atoms with E-state index in [4.69, 9.17) is 9.47 Å². The lowest BCUT2D eigenvalue weighted by molar-refractivity contribution is 0.206. The van der Waals surface area contributed by atoms with Crippen LogP contribution in [-0.4, -0.2) is 31.7 Å². The Morgan fingerprint density at radius 3 is 2.68 bits per heavy atom. The Morgan fingerprint density at radius 1 is 1.04 bits per heavy atom. The maximum absolute atomic E-state index is 13.1. The van der Waals surface area contributed by atoms with Crippen molar-refractivity contribution in [3.05, 3.63) is 66.2 Å². The standard InChI is InChI=1S/C23H24N2O3/c1-27-17-12-13-19(22(15-17)28-2)21-11-6-14-25(21)23(26)24-20-10-5-8-16-7-3-4-9-18(16)20/h3-5,7-10,12-13,15,21H,6,11,14H2,1-2H3,(H,24,26). The Labute approximate surface area is 164 Å². The van der Waals surface area contributed by atoms with Crippen LogP contribution in [0.5, 0.6) is 11.5 Å². The molecule has 1 N–H and O–H groups in total. The molecule has 0 aliphatic carbocycles. The molecule has 28 heavy (non-hydrogen) atoms. The first-order valence-electron chi connectivity index (χ1n) is 9.48. The van der Waals surface area contributed by atoms with Gasteiger partial charge in [0.05, 0.1) is 25.9 Å². The molecule has 3 aromatic rings. The summed E-state index contributed by atoms with van der Waals surface area (Å²) in [6, 6.07) is 19.7. The number of rotatable bonds is 4. The molecule has 0 spiro atoms. The number of nitrogens with zero attached hydrogens (tertiary/aromatic N) is 1. The Bertz CT molecular complexity index is 997. The van der Waals surface area contributed by atoms with E-state index in [9.17, 15) is 4.79 Å². The normalized spacial score (nSPS) is 16.2. The number of methoxy groups -OCH3 is 2. The van der Waals surface area contributed by atoms with Gasteiger partial charge in [-0.05, 0) is 36.4 Å². The number of fused-ring (bicyclic) bond motifs is 1. The Hall–Kier alpha value is -3.21. The Kier molecular flexibility index (Phi) is 5.06. The van der Waals surface area contributed by atoms with Gasteiger partial charge in [0.2, 0.25) is 0 Å². The SMILES string of the molecule is COc1ccc(C2CCCN2C(=O)Nc2cccc3ccccc23)c(OC)c1. The molecule has 3 aromatic carbocycles. The van der Waals surface area contributed by atoms with E-state index in [2.05, 4.69) is 5.32 Å². The van der Waals surface area contributed by atoms with Crippen molar-refractivity contribution in [3.63, 3.8) is 0 Å². The molecule has 1 atom stereocenters. The van der Waals surface area contributed by atoms with Crippen molar-refractivity contribution >= 4 is 22.5 Å².